The van der Waals surface area contributed by atoms with Crippen LogP contribution in [0.25, 0.3) is 5.95 Å². The van der Waals surface area contributed by atoms with E-state index in [1.165, 1.54) is 19.2 Å². The Kier molecular flexibility index (Phi) is 5.43. The van der Waals surface area contributed by atoms with Crippen molar-refractivity contribution in [2.45, 2.75) is 12.1 Å². The maximum Gasteiger partial charge on any atom is 0.299 e. The van der Waals surface area contributed by atoms with Gasteiger partial charge in [0.05, 0.1) is 22.8 Å². The number of aryl methyl sites for hydroxylation is 1. The Labute approximate surface area is 169 Å². The third-order valence-electron chi connectivity index (χ3n) is 3.31. The Hall–Kier alpha value is -2.14. The lowest BCUT2D eigenvalue weighted by atomic mass is 10.2. The molecule has 27 heavy (non-hydrogen) atoms. The van der Waals surface area contributed by atoms with Crippen molar-refractivity contribution < 1.29 is 13.2 Å². The molecule has 9 nitrogen and oxygen atoms in total. The number of ether oxygens (including phenoxy) is 1. The molecular weight excluding hydrogens is 439 g/mol. The van der Waals surface area contributed by atoms with Crippen molar-refractivity contribution in [1.29, 1.82) is 0 Å². The number of nitrogens with zero attached hydrogens (tertiary/aromatic N) is 5. The van der Waals surface area contributed by atoms with Gasteiger partial charge in [-0.25, -0.2) is 4.98 Å². The van der Waals surface area contributed by atoms with E-state index >= 15 is 0 Å². The Morgan fingerprint density at radius 2 is 1.93 bits per heavy atom. The third-order valence-corrected chi connectivity index (χ3v) is 5.44. The minimum absolute atomic E-state index is 0.0140. The number of halogens is 3. The Bertz CT molecular complexity index is 1120. The molecule has 0 spiro atoms. The van der Waals surface area contributed by atoms with Crippen LogP contribution in [0.15, 0.2) is 29.7 Å². The molecule has 1 N–H and O–H groups in total. The average Bonchev–Trinajstić information content (AvgIpc) is 3.13. The predicted molar refractivity (Wildman–Crippen MR) is 101 cm³/mol. The number of hydrogen-bond acceptors (Lipinski definition) is 7. The molecule has 0 radical (unpaired) electrons. The fraction of sp³-hybridized carbons (Fsp3) is 0.143. The van der Waals surface area contributed by atoms with Crippen LogP contribution in [0.3, 0.4) is 0 Å². The van der Waals surface area contributed by atoms with Crippen LogP contribution in [0.2, 0.25) is 15.2 Å². The molecule has 0 aliphatic heterocycles. The fourth-order valence-electron chi connectivity index (χ4n) is 1.99. The highest BCUT2D eigenvalue weighted by molar-refractivity contribution is 7.92. The normalized spacial score (nSPS) is 11.4. The second kappa shape index (κ2) is 7.47. The molecule has 13 heteroatoms. The van der Waals surface area contributed by atoms with E-state index < -0.39 is 15.2 Å². The number of sulfonamides is 1. The van der Waals surface area contributed by atoms with E-state index in [1.807, 2.05) is 0 Å². The second-order valence-electron chi connectivity index (χ2n) is 5.16. The van der Waals surface area contributed by atoms with Gasteiger partial charge >= 0.3 is 0 Å². The van der Waals surface area contributed by atoms with Crippen molar-refractivity contribution in [3.05, 3.63) is 45.3 Å². The van der Waals surface area contributed by atoms with E-state index in [4.69, 9.17) is 39.5 Å². The largest absolute Gasteiger partial charge is 0.481 e. The van der Waals surface area contributed by atoms with Crippen LogP contribution < -0.4 is 9.46 Å². The number of benzene rings is 1. The Balaban J connectivity index is 1.96. The Morgan fingerprint density at radius 3 is 2.63 bits per heavy atom. The van der Waals surface area contributed by atoms with E-state index in [1.54, 1.807) is 13.0 Å². The van der Waals surface area contributed by atoms with E-state index in [0.29, 0.717) is 5.56 Å². The van der Waals surface area contributed by atoms with Gasteiger partial charge in [0, 0.05) is 6.07 Å². The van der Waals surface area contributed by atoms with Gasteiger partial charge in [0.2, 0.25) is 5.88 Å². The summed E-state index contributed by atoms with van der Waals surface area (Å²) in [4.78, 5) is 11.8. The summed E-state index contributed by atoms with van der Waals surface area (Å²) in [6.45, 7) is 1.72. The van der Waals surface area contributed by atoms with Gasteiger partial charge in [-0.1, -0.05) is 40.9 Å². The van der Waals surface area contributed by atoms with Crippen LogP contribution in [-0.4, -0.2) is 40.3 Å². The number of rotatable bonds is 5. The third kappa shape index (κ3) is 4.08. The number of nitrogens with one attached hydrogen (secondary N) is 1. The summed E-state index contributed by atoms with van der Waals surface area (Å²) in [5.74, 6) is 0.168. The van der Waals surface area contributed by atoms with Crippen molar-refractivity contribution in [1.82, 2.24) is 24.7 Å². The monoisotopic (exact) mass is 448 g/mol. The van der Waals surface area contributed by atoms with E-state index in [0.717, 1.165) is 11.0 Å². The van der Waals surface area contributed by atoms with Crippen LogP contribution in [0.1, 0.15) is 5.56 Å². The molecule has 0 atom stereocenters. The molecule has 0 saturated heterocycles. The highest BCUT2D eigenvalue weighted by atomic mass is 35.5. The number of anilines is 1. The fourth-order valence-corrected chi connectivity index (χ4v) is 3.69. The quantitative estimate of drug-likeness (QED) is 0.595. The molecule has 0 bridgehead atoms. The molecule has 3 rings (SSSR count). The first-order valence-electron chi connectivity index (χ1n) is 7.19. The average molecular weight is 450 g/mol. The van der Waals surface area contributed by atoms with Gasteiger partial charge < -0.3 is 4.74 Å². The molecule has 0 saturated carbocycles. The van der Waals surface area contributed by atoms with Crippen LogP contribution in [0.5, 0.6) is 5.88 Å². The van der Waals surface area contributed by atoms with Gasteiger partial charge in [-0.3, -0.25) is 4.72 Å². The summed E-state index contributed by atoms with van der Waals surface area (Å²) in [5.41, 5.74) is 0.687. The van der Waals surface area contributed by atoms with Crippen molar-refractivity contribution in [2.75, 3.05) is 11.8 Å². The zero-order chi connectivity index (χ0) is 19.8. The predicted octanol–water partition coefficient (Wildman–Crippen LogP) is 3.14. The molecule has 0 fully saturated rings. The molecule has 0 aliphatic carbocycles. The van der Waals surface area contributed by atoms with Gasteiger partial charge in [-0.15, -0.1) is 5.10 Å². The molecule has 2 heterocycles. The smallest absolute Gasteiger partial charge is 0.299 e. The zero-order valence-corrected chi connectivity index (χ0v) is 16.9. The second-order valence-corrected chi connectivity index (χ2v) is 7.91. The topological polar surface area (TPSA) is 112 Å². The summed E-state index contributed by atoms with van der Waals surface area (Å²) in [6, 6.07) is 4.58. The van der Waals surface area contributed by atoms with Gasteiger partial charge in [0.25, 0.3) is 21.1 Å². The van der Waals surface area contributed by atoms with Crippen LogP contribution in [0, 0.1) is 6.92 Å². The van der Waals surface area contributed by atoms with Gasteiger partial charge in [-0.05, 0) is 18.6 Å². The lowest BCUT2D eigenvalue weighted by Crippen LogP contribution is -2.16. The maximum atomic E-state index is 12.6. The zero-order valence-electron chi connectivity index (χ0n) is 13.8. The summed E-state index contributed by atoms with van der Waals surface area (Å²) >= 11 is 18.1. The first kappa shape index (κ1) is 19.6. The summed E-state index contributed by atoms with van der Waals surface area (Å²) < 4.78 is 33.5. The van der Waals surface area contributed by atoms with E-state index in [2.05, 4.69) is 24.8 Å². The minimum Gasteiger partial charge on any atom is -0.481 e. The van der Waals surface area contributed by atoms with Crippen LogP contribution in [0.4, 0.5) is 5.69 Å². The Morgan fingerprint density at radius 1 is 1.19 bits per heavy atom. The van der Waals surface area contributed by atoms with Crippen LogP contribution >= 0.6 is 34.8 Å². The summed E-state index contributed by atoms with van der Waals surface area (Å²) in [6.07, 6.45) is 1.12. The SMILES string of the molecule is COc1cc(Cl)nc(-n2cnc(S(=O)(=O)Nc3c(Cl)ccc(C)c3Cl)n2)n1. The van der Waals surface area contributed by atoms with E-state index in [9.17, 15) is 8.42 Å². The minimum atomic E-state index is -4.17. The van der Waals surface area contributed by atoms with Crippen molar-refractivity contribution in [2.24, 2.45) is 0 Å². The summed E-state index contributed by atoms with van der Waals surface area (Å²) in [7, 11) is -2.77. The van der Waals surface area contributed by atoms with Crippen molar-refractivity contribution in [3.63, 3.8) is 0 Å². The molecule has 3 aromatic rings. The highest BCUT2D eigenvalue weighted by Gasteiger charge is 2.23. The molecule has 1 aromatic carbocycles. The van der Waals surface area contributed by atoms with Gasteiger partial charge in [0.1, 0.15) is 11.5 Å². The van der Waals surface area contributed by atoms with Gasteiger partial charge in [0.15, 0.2) is 0 Å². The molecule has 0 unspecified atom stereocenters. The van der Waals surface area contributed by atoms with Crippen molar-refractivity contribution >= 4 is 50.5 Å². The standard InChI is InChI=1S/C14H11Cl3N6O3S/c1-7-3-4-8(15)12(11(7)17)22-27(24,25)14-18-6-23(21-14)13-19-9(16)5-10(20-13)26-2/h3-6,22H,1-2H3. The molecule has 142 valence electrons. The molecule has 0 amide bonds. The molecular formula is C14H11Cl3N6O3S. The molecule has 2 aromatic heterocycles. The van der Waals surface area contributed by atoms with E-state index in [-0.39, 0.29) is 32.7 Å². The molecule has 0 aliphatic rings. The maximum absolute atomic E-state index is 12.6. The summed E-state index contributed by atoms with van der Waals surface area (Å²) in [5, 5.41) is 3.75. The van der Waals surface area contributed by atoms with Gasteiger partial charge in [-0.2, -0.15) is 23.1 Å². The highest BCUT2D eigenvalue weighted by Crippen LogP contribution is 2.34. The lowest BCUT2D eigenvalue weighted by Gasteiger charge is -2.10. The number of methoxy groups -OCH3 is 1. The van der Waals surface area contributed by atoms with Crippen molar-refractivity contribution in [3.8, 4) is 11.8 Å². The van der Waals surface area contributed by atoms with Crippen LogP contribution in [-0.2, 0) is 10.0 Å². The first-order chi connectivity index (χ1) is 12.7. The number of hydrogen-bond donors (Lipinski definition) is 1. The first-order valence-corrected chi connectivity index (χ1v) is 9.81. The number of aromatic nitrogens is 5. The lowest BCUT2D eigenvalue weighted by molar-refractivity contribution is 0.395.